The Balaban J connectivity index is 2.03. The van der Waals surface area contributed by atoms with Crippen molar-refractivity contribution in [2.75, 3.05) is 14.2 Å². The van der Waals surface area contributed by atoms with E-state index in [1.54, 1.807) is 49.6 Å². The monoisotopic (exact) mass is 367 g/mol. The van der Waals surface area contributed by atoms with Gasteiger partial charge in [0.1, 0.15) is 0 Å². The molecular formula is C17H18ClNO4S. The third-order valence-corrected chi connectivity index (χ3v) is 4.53. The first kappa shape index (κ1) is 18.3. The first-order valence-electron chi connectivity index (χ1n) is 7.08. The second-order valence-electron chi connectivity index (χ2n) is 4.91. The van der Waals surface area contributed by atoms with Gasteiger partial charge < -0.3 is 9.47 Å². The number of nitrogens with one attached hydrogen (secondary N) is 1. The lowest BCUT2D eigenvalue weighted by Crippen LogP contribution is -2.20. The zero-order valence-corrected chi connectivity index (χ0v) is 14.9. The SMILES string of the molecule is COc1ccc(CNS(=O)(=O)/C=C/c2ccc(Cl)cc2)cc1OC. The van der Waals surface area contributed by atoms with Crippen molar-refractivity contribution in [3.63, 3.8) is 0 Å². The third kappa shape index (κ3) is 5.26. The third-order valence-electron chi connectivity index (χ3n) is 3.24. The maximum absolute atomic E-state index is 12.0. The fourth-order valence-electron chi connectivity index (χ4n) is 1.96. The Labute approximate surface area is 146 Å². The van der Waals surface area contributed by atoms with Gasteiger partial charge in [0.05, 0.1) is 14.2 Å². The van der Waals surface area contributed by atoms with Crippen LogP contribution in [0.2, 0.25) is 5.02 Å². The van der Waals surface area contributed by atoms with Crippen LogP contribution in [-0.2, 0) is 16.6 Å². The lowest BCUT2D eigenvalue weighted by Gasteiger charge is -2.09. The fraction of sp³-hybridized carbons (Fsp3) is 0.176. The molecule has 2 aromatic carbocycles. The number of hydrogen-bond donors (Lipinski definition) is 1. The van der Waals surface area contributed by atoms with E-state index in [4.69, 9.17) is 21.1 Å². The van der Waals surface area contributed by atoms with Crippen LogP contribution in [0.15, 0.2) is 47.9 Å². The van der Waals surface area contributed by atoms with Crippen molar-refractivity contribution in [1.29, 1.82) is 0 Å². The number of halogens is 1. The molecule has 0 fully saturated rings. The molecule has 0 spiro atoms. The Morgan fingerprint density at radius 1 is 1.04 bits per heavy atom. The number of benzene rings is 2. The summed E-state index contributed by atoms with van der Waals surface area (Å²) in [6.07, 6.45) is 1.51. The van der Waals surface area contributed by atoms with E-state index >= 15 is 0 Å². The summed E-state index contributed by atoms with van der Waals surface area (Å²) in [5.41, 5.74) is 1.51. The summed E-state index contributed by atoms with van der Waals surface area (Å²) in [6.45, 7) is 0.146. The minimum absolute atomic E-state index is 0.146. The van der Waals surface area contributed by atoms with E-state index in [2.05, 4.69) is 4.72 Å². The van der Waals surface area contributed by atoms with Crippen LogP contribution in [0.5, 0.6) is 11.5 Å². The largest absolute Gasteiger partial charge is 0.493 e. The number of methoxy groups -OCH3 is 2. The number of sulfonamides is 1. The Kier molecular flexibility index (Phi) is 6.25. The van der Waals surface area contributed by atoms with Crippen molar-refractivity contribution in [2.24, 2.45) is 0 Å². The van der Waals surface area contributed by atoms with Gasteiger partial charge in [0.15, 0.2) is 11.5 Å². The Hall–Kier alpha value is -2.02. The summed E-state index contributed by atoms with van der Waals surface area (Å²) in [5, 5.41) is 1.72. The van der Waals surface area contributed by atoms with Crippen molar-refractivity contribution in [3.8, 4) is 11.5 Å². The van der Waals surface area contributed by atoms with Gasteiger partial charge in [-0.25, -0.2) is 13.1 Å². The summed E-state index contributed by atoms with van der Waals surface area (Å²) in [4.78, 5) is 0. The van der Waals surface area contributed by atoms with Gasteiger partial charge in [-0.15, -0.1) is 0 Å². The van der Waals surface area contributed by atoms with Crippen molar-refractivity contribution < 1.29 is 17.9 Å². The number of ether oxygens (including phenoxy) is 2. The first-order valence-corrected chi connectivity index (χ1v) is 9.00. The van der Waals surface area contributed by atoms with E-state index < -0.39 is 10.0 Å². The molecule has 0 atom stereocenters. The van der Waals surface area contributed by atoms with Crippen molar-refractivity contribution in [1.82, 2.24) is 4.72 Å². The standard InChI is InChI=1S/C17H18ClNO4S/c1-22-16-8-5-14(11-17(16)23-2)12-19-24(20,21)10-9-13-3-6-15(18)7-4-13/h3-11,19H,12H2,1-2H3/b10-9+. The van der Waals surface area contributed by atoms with Gasteiger partial charge in [0.2, 0.25) is 10.0 Å². The highest BCUT2D eigenvalue weighted by atomic mass is 35.5. The van der Waals surface area contributed by atoms with E-state index in [0.717, 1.165) is 16.5 Å². The normalized spacial score (nSPS) is 11.6. The Morgan fingerprint density at radius 3 is 2.33 bits per heavy atom. The van der Waals surface area contributed by atoms with E-state index in [9.17, 15) is 8.42 Å². The highest BCUT2D eigenvalue weighted by Crippen LogP contribution is 2.27. The summed E-state index contributed by atoms with van der Waals surface area (Å²) < 4.78 is 36.9. The van der Waals surface area contributed by atoms with Gasteiger partial charge in [0.25, 0.3) is 0 Å². The molecule has 7 heteroatoms. The maximum Gasteiger partial charge on any atom is 0.234 e. The van der Waals surface area contributed by atoms with Gasteiger partial charge in [0, 0.05) is 17.0 Å². The predicted octanol–water partition coefficient (Wildman–Crippen LogP) is 3.45. The van der Waals surface area contributed by atoms with E-state index in [1.165, 1.54) is 13.2 Å². The van der Waals surface area contributed by atoms with Crippen LogP contribution in [0.3, 0.4) is 0 Å². The number of hydrogen-bond acceptors (Lipinski definition) is 4. The van der Waals surface area contributed by atoms with E-state index in [1.807, 2.05) is 0 Å². The van der Waals surface area contributed by atoms with Gasteiger partial charge in [-0.3, -0.25) is 0 Å². The van der Waals surface area contributed by atoms with Crippen LogP contribution in [0, 0.1) is 0 Å². The molecule has 0 aromatic heterocycles. The minimum atomic E-state index is -3.56. The van der Waals surface area contributed by atoms with Crippen molar-refractivity contribution in [3.05, 3.63) is 64.0 Å². The highest BCUT2D eigenvalue weighted by Gasteiger charge is 2.08. The lowest BCUT2D eigenvalue weighted by molar-refractivity contribution is 0.354. The quantitative estimate of drug-likeness (QED) is 0.814. The van der Waals surface area contributed by atoms with Crippen LogP contribution in [0.25, 0.3) is 6.08 Å². The molecule has 0 saturated carbocycles. The van der Waals surface area contributed by atoms with Gasteiger partial charge in [-0.05, 0) is 41.5 Å². The zero-order valence-electron chi connectivity index (χ0n) is 13.3. The van der Waals surface area contributed by atoms with Crippen LogP contribution < -0.4 is 14.2 Å². The van der Waals surface area contributed by atoms with Crippen molar-refractivity contribution in [2.45, 2.75) is 6.54 Å². The molecule has 0 unspecified atom stereocenters. The Bertz CT molecular complexity index is 817. The first-order chi connectivity index (χ1) is 11.4. The molecule has 5 nitrogen and oxygen atoms in total. The second kappa shape index (κ2) is 8.19. The predicted molar refractivity (Wildman–Crippen MR) is 95.8 cm³/mol. The maximum atomic E-state index is 12.0. The molecule has 0 radical (unpaired) electrons. The molecule has 0 aliphatic carbocycles. The fourth-order valence-corrected chi connectivity index (χ4v) is 2.89. The topological polar surface area (TPSA) is 64.6 Å². The molecule has 128 valence electrons. The molecule has 0 saturated heterocycles. The van der Waals surface area contributed by atoms with Crippen LogP contribution in [0.4, 0.5) is 0 Å². The van der Waals surface area contributed by atoms with Crippen LogP contribution in [0.1, 0.15) is 11.1 Å². The molecular weight excluding hydrogens is 350 g/mol. The summed E-state index contributed by atoms with van der Waals surface area (Å²) in [6, 6.07) is 12.1. The number of rotatable bonds is 7. The second-order valence-corrected chi connectivity index (χ2v) is 7.00. The van der Waals surface area contributed by atoms with Crippen LogP contribution in [-0.4, -0.2) is 22.6 Å². The Morgan fingerprint density at radius 2 is 1.71 bits per heavy atom. The smallest absolute Gasteiger partial charge is 0.234 e. The molecule has 0 aliphatic rings. The van der Waals surface area contributed by atoms with Gasteiger partial charge in [-0.1, -0.05) is 29.8 Å². The summed E-state index contributed by atoms with van der Waals surface area (Å²) in [5.74, 6) is 1.14. The molecule has 24 heavy (non-hydrogen) atoms. The molecule has 2 aromatic rings. The molecule has 0 bridgehead atoms. The molecule has 0 heterocycles. The highest BCUT2D eigenvalue weighted by molar-refractivity contribution is 7.92. The molecule has 1 N–H and O–H groups in total. The van der Waals surface area contributed by atoms with Crippen LogP contribution >= 0.6 is 11.6 Å². The molecule has 2 rings (SSSR count). The molecule has 0 aliphatic heterocycles. The van der Waals surface area contributed by atoms with Gasteiger partial charge >= 0.3 is 0 Å². The summed E-state index contributed by atoms with van der Waals surface area (Å²) >= 11 is 5.79. The minimum Gasteiger partial charge on any atom is -0.493 e. The lowest BCUT2D eigenvalue weighted by atomic mass is 10.2. The van der Waals surface area contributed by atoms with E-state index in [0.29, 0.717) is 16.5 Å². The molecule has 0 amide bonds. The van der Waals surface area contributed by atoms with Crippen molar-refractivity contribution >= 4 is 27.7 Å². The summed E-state index contributed by atoms with van der Waals surface area (Å²) in [7, 11) is -0.487. The average Bonchev–Trinajstić information content (AvgIpc) is 2.59. The zero-order chi connectivity index (χ0) is 17.6. The van der Waals surface area contributed by atoms with Gasteiger partial charge in [-0.2, -0.15) is 0 Å². The van der Waals surface area contributed by atoms with E-state index in [-0.39, 0.29) is 6.54 Å². The average molecular weight is 368 g/mol.